The Morgan fingerprint density at radius 3 is 2.64 bits per heavy atom. The van der Waals surface area contributed by atoms with Crippen molar-refractivity contribution >= 4 is 33.6 Å². The number of hydrogen-bond donors (Lipinski definition) is 1. The highest BCUT2D eigenvalue weighted by Gasteiger charge is 2.17. The van der Waals surface area contributed by atoms with Crippen molar-refractivity contribution in [2.75, 3.05) is 24.6 Å². The van der Waals surface area contributed by atoms with E-state index >= 15 is 0 Å². The van der Waals surface area contributed by atoms with Crippen LogP contribution in [0, 0.1) is 0 Å². The second-order valence-corrected chi connectivity index (χ2v) is 5.62. The second-order valence-electron chi connectivity index (χ2n) is 3.34. The normalized spacial score (nSPS) is 23.5. The zero-order valence-electron chi connectivity index (χ0n) is 8.11. The molecule has 0 fully saturated rings. The number of thioether (sulfide) groups is 2. The highest BCUT2D eigenvalue weighted by Crippen LogP contribution is 2.20. The van der Waals surface area contributed by atoms with Gasteiger partial charge in [0.15, 0.2) is 0 Å². The summed E-state index contributed by atoms with van der Waals surface area (Å²) >= 11 is 3.69. The monoisotopic (exact) mass is 229 g/mol. The molecule has 0 aliphatic carbocycles. The molecule has 0 aromatic carbocycles. The van der Waals surface area contributed by atoms with Gasteiger partial charge in [0.25, 0.3) is 0 Å². The summed E-state index contributed by atoms with van der Waals surface area (Å²) in [4.78, 5) is 8.80. The number of hydrogen-bond acceptors (Lipinski definition) is 5. The molecule has 78 valence electrons. The van der Waals surface area contributed by atoms with E-state index in [-0.39, 0.29) is 6.04 Å². The molecule has 2 aliphatic heterocycles. The summed E-state index contributed by atoms with van der Waals surface area (Å²) in [6.07, 6.45) is 2.03. The third-order valence-corrected chi connectivity index (χ3v) is 4.41. The molecule has 2 aliphatic rings. The molecule has 5 heteroatoms. The minimum absolute atomic E-state index is 0.145. The SMILES string of the molecule is N[C@H](CCC1=NCCS1)C1=NCCS1. The Labute approximate surface area is 93.0 Å². The van der Waals surface area contributed by atoms with E-state index < -0.39 is 0 Å². The Balaban J connectivity index is 1.74. The second kappa shape index (κ2) is 5.19. The number of nitrogens with two attached hydrogens (primary N) is 1. The van der Waals surface area contributed by atoms with Gasteiger partial charge in [0.05, 0.1) is 16.1 Å². The molecule has 0 spiro atoms. The maximum atomic E-state index is 6.04. The average molecular weight is 229 g/mol. The van der Waals surface area contributed by atoms with Gasteiger partial charge in [-0.15, -0.1) is 23.5 Å². The molecule has 0 bridgehead atoms. The first-order valence-electron chi connectivity index (χ1n) is 4.95. The lowest BCUT2D eigenvalue weighted by atomic mass is 10.2. The Bertz CT molecular complexity index is 263. The van der Waals surface area contributed by atoms with Crippen LogP contribution in [0.25, 0.3) is 0 Å². The first-order valence-corrected chi connectivity index (χ1v) is 6.92. The van der Waals surface area contributed by atoms with E-state index in [4.69, 9.17) is 5.73 Å². The molecule has 0 saturated heterocycles. The predicted octanol–water partition coefficient (Wildman–Crippen LogP) is 1.38. The number of aliphatic imine (C=N–C) groups is 2. The highest BCUT2D eigenvalue weighted by molar-refractivity contribution is 8.14. The van der Waals surface area contributed by atoms with Gasteiger partial charge in [0, 0.05) is 24.6 Å². The van der Waals surface area contributed by atoms with Gasteiger partial charge in [-0.2, -0.15) is 0 Å². The molecule has 3 nitrogen and oxygen atoms in total. The van der Waals surface area contributed by atoms with Crippen molar-refractivity contribution in [2.24, 2.45) is 15.7 Å². The minimum Gasteiger partial charge on any atom is -0.322 e. The molecular formula is C9H15N3S2. The van der Waals surface area contributed by atoms with Crippen molar-refractivity contribution in [3.05, 3.63) is 0 Å². The number of rotatable bonds is 4. The van der Waals surface area contributed by atoms with Gasteiger partial charge >= 0.3 is 0 Å². The van der Waals surface area contributed by atoms with Crippen molar-refractivity contribution in [1.29, 1.82) is 0 Å². The summed E-state index contributed by atoms with van der Waals surface area (Å²) < 4.78 is 0. The molecule has 14 heavy (non-hydrogen) atoms. The van der Waals surface area contributed by atoms with Crippen LogP contribution in [-0.4, -0.2) is 40.7 Å². The molecule has 0 radical (unpaired) electrons. The van der Waals surface area contributed by atoms with Crippen LogP contribution in [-0.2, 0) is 0 Å². The zero-order chi connectivity index (χ0) is 9.80. The molecule has 0 aromatic heterocycles. The first kappa shape index (κ1) is 10.5. The highest BCUT2D eigenvalue weighted by atomic mass is 32.2. The summed E-state index contributed by atoms with van der Waals surface area (Å²) in [5.41, 5.74) is 6.04. The maximum absolute atomic E-state index is 6.04. The van der Waals surface area contributed by atoms with Gasteiger partial charge in [0.1, 0.15) is 0 Å². The smallest absolute Gasteiger partial charge is 0.0844 e. The third kappa shape index (κ3) is 2.74. The van der Waals surface area contributed by atoms with Gasteiger partial charge in [-0.25, -0.2) is 0 Å². The fraction of sp³-hybridized carbons (Fsp3) is 0.778. The molecule has 1 atom stereocenters. The van der Waals surface area contributed by atoms with Crippen molar-refractivity contribution in [2.45, 2.75) is 18.9 Å². The van der Waals surface area contributed by atoms with Crippen LogP contribution in [0.15, 0.2) is 9.98 Å². The average Bonchev–Trinajstić information content (AvgIpc) is 2.87. The zero-order valence-corrected chi connectivity index (χ0v) is 9.74. The van der Waals surface area contributed by atoms with Crippen molar-refractivity contribution in [1.82, 2.24) is 0 Å². The van der Waals surface area contributed by atoms with E-state index in [1.165, 1.54) is 5.04 Å². The van der Waals surface area contributed by atoms with Gasteiger partial charge in [-0.1, -0.05) is 0 Å². The van der Waals surface area contributed by atoms with Crippen LogP contribution in [0.5, 0.6) is 0 Å². The number of nitrogens with zero attached hydrogens (tertiary/aromatic N) is 2. The maximum Gasteiger partial charge on any atom is 0.0844 e. The molecular weight excluding hydrogens is 214 g/mol. The lowest BCUT2D eigenvalue weighted by Gasteiger charge is -2.09. The molecule has 2 N–H and O–H groups in total. The van der Waals surface area contributed by atoms with Gasteiger partial charge in [-0.05, 0) is 12.8 Å². The van der Waals surface area contributed by atoms with Crippen molar-refractivity contribution in [3.8, 4) is 0 Å². The fourth-order valence-electron chi connectivity index (χ4n) is 1.51. The van der Waals surface area contributed by atoms with E-state index in [0.29, 0.717) is 0 Å². The summed E-state index contributed by atoms with van der Waals surface area (Å²) in [5, 5.41) is 2.43. The lowest BCUT2D eigenvalue weighted by molar-refractivity contribution is 0.791. The van der Waals surface area contributed by atoms with E-state index in [1.54, 1.807) is 0 Å². The largest absolute Gasteiger partial charge is 0.322 e. The van der Waals surface area contributed by atoms with Crippen molar-refractivity contribution in [3.63, 3.8) is 0 Å². The van der Waals surface area contributed by atoms with Crippen LogP contribution >= 0.6 is 23.5 Å². The lowest BCUT2D eigenvalue weighted by Crippen LogP contribution is -2.27. The fourth-order valence-corrected chi connectivity index (χ4v) is 3.28. The van der Waals surface area contributed by atoms with Crippen molar-refractivity contribution < 1.29 is 0 Å². The Hall–Kier alpha value is -0.0000000000000000555. The Kier molecular flexibility index (Phi) is 3.89. The Morgan fingerprint density at radius 2 is 2.00 bits per heavy atom. The van der Waals surface area contributed by atoms with Crippen LogP contribution in [0.1, 0.15) is 12.8 Å². The van der Waals surface area contributed by atoms with E-state index in [0.717, 1.165) is 42.5 Å². The predicted molar refractivity (Wildman–Crippen MR) is 66.7 cm³/mol. The summed E-state index contributed by atoms with van der Waals surface area (Å²) in [6, 6.07) is 0.145. The summed E-state index contributed by atoms with van der Waals surface area (Å²) in [7, 11) is 0. The topological polar surface area (TPSA) is 50.7 Å². The molecule has 2 heterocycles. The van der Waals surface area contributed by atoms with Gasteiger partial charge in [-0.3, -0.25) is 9.98 Å². The molecule has 0 unspecified atom stereocenters. The summed E-state index contributed by atoms with van der Waals surface area (Å²) in [5.74, 6) is 2.26. The van der Waals surface area contributed by atoms with Gasteiger partial charge in [0.2, 0.25) is 0 Å². The quantitative estimate of drug-likeness (QED) is 0.792. The molecule has 0 amide bonds. The molecule has 2 rings (SSSR count). The van der Waals surface area contributed by atoms with E-state index in [9.17, 15) is 0 Å². The standard InChI is InChI=1S/C9H15N3S2/c10-7(9-12-4-6-14-9)1-2-8-11-3-5-13-8/h7H,1-6,10H2/t7-/m1/s1. The minimum atomic E-state index is 0.145. The van der Waals surface area contributed by atoms with Gasteiger partial charge < -0.3 is 5.73 Å². The molecule has 0 aromatic rings. The molecule has 0 saturated carbocycles. The van der Waals surface area contributed by atoms with Crippen LogP contribution in [0.2, 0.25) is 0 Å². The van der Waals surface area contributed by atoms with E-state index in [1.807, 2.05) is 23.5 Å². The first-order chi connectivity index (χ1) is 6.86. The van der Waals surface area contributed by atoms with E-state index in [2.05, 4.69) is 9.98 Å². The Morgan fingerprint density at radius 1 is 1.21 bits per heavy atom. The summed E-state index contributed by atoms with van der Waals surface area (Å²) in [6.45, 7) is 1.94. The third-order valence-electron chi connectivity index (χ3n) is 2.24. The van der Waals surface area contributed by atoms with Crippen LogP contribution < -0.4 is 5.73 Å². The van der Waals surface area contributed by atoms with Crippen LogP contribution in [0.3, 0.4) is 0 Å². The van der Waals surface area contributed by atoms with Crippen LogP contribution in [0.4, 0.5) is 0 Å².